The molecule has 1 N–H and O–H groups in total. The van der Waals surface area contributed by atoms with Gasteiger partial charge in [-0.1, -0.05) is 46.3 Å². The summed E-state index contributed by atoms with van der Waals surface area (Å²) >= 11 is 3.40. The van der Waals surface area contributed by atoms with Gasteiger partial charge in [-0.15, -0.1) is 0 Å². The number of esters is 1. The van der Waals surface area contributed by atoms with Crippen LogP contribution in [0.5, 0.6) is 0 Å². The van der Waals surface area contributed by atoms with E-state index in [1.165, 1.54) is 6.08 Å². The number of carbonyl (C=O) groups is 2. The number of rotatable bonds is 9. The topological polar surface area (TPSA) is 94.5 Å². The summed E-state index contributed by atoms with van der Waals surface area (Å²) in [6, 6.07) is 18.3. The number of sulfonamides is 1. The third-order valence-corrected chi connectivity index (χ3v) is 6.41. The van der Waals surface area contributed by atoms with Crippen molar-refractivity contribution in [3.8, 4) is 5.69 Å². The minimum atomic E-state index is -3.83. The zero-order valence-electron chi connectivity index (χ0n) is 18.1. The number of hydrogen-bond acceptors (Lipinski definition) is 5. The molecular formula is C24H23BrN2O5S. The molecule has 3 aromatic rings. The fraction of sp³-hybridized carbons (Fsp3) is 0.167. The molecule has 7 nitrogen and oxygen atoms in total. The zero-order chi connectivity index (χ0) is 24.0. The summed E-state index contributed by atoms with van der Waals surface area (Å²) in [6.07, 6.45) is 1.42. The van der Waals surface area contributed by atoms with Gasteiger partial charge in [0, 0.05) is 32.5 Å². The fourth-order valence-electron chi connectivity index (χ4n) is 3.25. The number of nitrogens with one attached hydrogen (secondary N) is 1. The molecule has 2 aromatic carbocycles. The smallest absolute Gasteiger partial charge is 0.321 e. The average molecular weight is 531 g/mol. The highest BCUT2D eigenvalue weighted by Crippen LogP contribution is 2.22. The first-order chi connectivity index (χ1) is 15.7. The summed E-state index contributed by atoms with van der Waals surface area (Å²) < 4.78 is 34.1. The third-order valence-electron chi connectivity index (χ3n) is 4.84. The van der Waals surface area contributed by atoms with Crippen LogP contribution in [0.1, 0.15) is 27.3 Å². The molecular weight excluding hydrogens is 508 g/mol. The number of aryl methyl sites for hydroxylation is 1. The zero-order valence-corrected chi connectivity index (χ0v) is 20.5. The molecule has 0 amide bonds. The molecule has 0 aliphatic rings. The lowest BCUT2D eigenvalue weighted by Gasteiger charge is -2.10. The van der Waals surface area contributed by atoms with E-state index in [9.17, 15) is 18.0 Å². The quantitative estimate of drug-likeness (QED) is 0.331. The van der Waals surface area contributed by atoms with E-state index in [1.807, 2.05) is 48.7 Å². The number of ketones is 1. The second-order valence-electron chi connectivity index (χ2n) is 7.26. The van der Waals surface area contributed by atoms with Gasteiger partial charge >= 0.3 is 5.97 Å². The molecule has 0 bridgehead atoms. The summed E-state index contributed by atoms with van der Waals surface area (Å²) in [5.74, 6) is -1.21. The Bertz CT molecular complexity index is 1280. The summed E-state index contributed by atoms with van der Waals surface area (Å²) in [7, 11) is -3.83. The maximum atomic E-state index is 12.6. The van der Waals surface area contributed by atoms with Gasteiger partial charge in [-0.3, -0.25) is 9.59 Å². The molecule has 0 unspecified atom stereocenters. The van der Waals surface area contributed by atoms with Crippen molar-refractivity contribution in [1.29, 1.82) is 0 Å². The van der Waals surface area contributed by atoms with Crippen molar-refractivity contribution in [2.45, 2.75) is 13.8 Å². The molecule has 0 fully saturated rings. The van der Waals surface area contributed by atoms with Gasteiger partial charge in [0.15, 0.2) is 6.61 Å². The van der Waals surface area contributed by atoms with E-state index in [-0.39, 0.29) is 5.78 Å². The molecule has 0 aliphatic heterocycles. The van der Waals surface area contributed by atoms with Crippen molar-refractivity contribution in [3.05, 3.63) is 93.1 Å². The number of hydrogen-bond donors (Lipinski definition) is 1. The van der Waals surface area contributed by atoms with Gasteiger partial charge in [0.25, 0.3) is 0 Å². The van der Waals surface area contributed by atoms with E-state index in [4.69, 9.17) is 4.74 Å². The van der Waals surface area contributed by atoms with Gasteiger partial charge in [-0.2, -0.15) is 0 Å². The van der Waals surface area contributed by atoms with Crippen LogP contribution < -0.4 is 4.72 Å². The Hall–Kier alpha value is -3.01. The van der Waals surface area contributed by atoms with Crippen molar-refractivity contribution >= 4 is 43.8 Å². The van der Waals surface area contributed by atoms with E-state index in [0.717, 1.165) is 27.0 Å². The first kappa shape index (κ1) is 24.6. The number of carbonyl (C=O) groups excluding carboxylic acids is 2. The van der Waals surface area contributed by atoms with Gasteiger partial charge in [0.1, 0.15) is 6.54 Å². The number of Topliss-reactive ketones (excluding diaryl/α,β-unsaturated/α-hetero) is 1. The van der Waals surface area contributed by atoms with Gasteiger partial charge < -0.3 is 9.30 Å². The van der Waals surface area contributed by atoms with E-state index in [0.29, 0.717) is 11.1 Å². The lowest BCUT2D eigenvalue weighted by atomic mass is 10.1. The van der Waals surface area contributed by atoms with E-state index in [2.05, 4.69) is 20.7 Å². The van der Waals surface area contributed by atoms with Crippen molar-refractivity contribution in [3.63, 3.8) is 0 Å². The number of halogens is 1. The molecule has 9 heteroatoms. The van der Waals surface area contributed by atoms with Crippen LogP contribution in [0.15, 0.2) is 70.5 Å². The summed E-state index contributed by atoms with van der Waals surface area (Å²) in [6.45, 7) is 2.64. The Labute approximate surface area is 201 Å². The monoisotopic (exact) mass is 530 g/mol. The third kappa shape index (κ3) is 6.74. The number of ether oxygens (including phenoxy) is 1. The standard InChI is InChI=1S/C24H23BrN2O5S/c1-17-14-22(18(2)27(17)21-10-8-20(25)9-11-21)23(28)16-32-24(29)15-26-33(30,31)13-12-19-6-4-3-5-7-19/h3-14,26H,15-16H2,1-2H3/b13-12+. The predicted octanol–water partition coefficient (Wildman–Crippen LogP) is 4.17. The Morgan fingerprint density at radius 1 is 1.06 bits per heavy atom. The summed E-state index contributed by atoms with van der Waals surface area (Å²) in [5.41, 5.74) is 3.64. The number of benzene rings is 2. The van der Waals surface area contributed by atoms with Gasteiger partial charge in [0.05, 0.1) is 0 Å². The lowest BCUT2D eigenvalue weighted by Crippen LogP contribution is -2.30. The van der Waals surface area contributed by atoms with Crippen LogP contribution in [0.25, 0.3) is 11.8 Å². The molecule has 1 aromatic heterocycles. The van der Waals surface area contributed by atoms with Crippen LogP contribution >= 0.6 is 15.9 Å². The van der Waals surface area contributed by atoms with Crippen molar-refractivity contribution in [1.82, 2.24) is 9.29 Å². The second-order valence-corrected chi connectivity index (χ2v) is 9.83. The predicted molar refractivity (Wildman–Crippen MR) is 131 cm³/mol. The van der Waals surface area contributed by atoms with E-state index >= 15 is 0 Å². The SMILES string of the molecule is Cc1cc(C(=O)COC(=O)CNS(=O)(=O)/C=C/c2ccccc2)c(C)n1-c1ccc(Br)cc1. The van der Waals surface area contributed by atoms with Gasteiger partial charge in [-0.05, 0) is 55.8 Å². The first-order valence-corrected chi connectivity index (χ1v) is 12.4. The number of aromatic nitrogens is 1. The highest BCUT2D eigenvalue weighted by atomic mass is 79.9. The second kappa shape index (κ2) is 10.7. The Kier molecular flexibility index (Phi) is 8.01. The fourth-order valence-corrected chi connectivity index (χ4v) is 4.26. The van der Waals surface area contributed by atoms with Crippen molar-refractivity contribution < 1.29 is 22.7 Å². The minimum absolute atomic E-state index is 0.369. The Balaban J connectivity index is 1.56. The van der Waals surface area contributed by atoms with Crippen LogP contribution in [-0.2, 0) is 19.6 Å². The van der Waals surface area contributed by atoms with E-state index < -0.39 is 29.1 Å². The van der Waals surface area contributed by atoms with Crippen LogP contribution in [0, 0.1) is 13.8 Å². The highest BCUT2D eigenvalue weighted by molar-refractivity contribution is 9.10. The summed E-state index contributed by atoms with van der Waals surface area (Å²) in [5, 5.41) is 0.970. The van der Waals surface area contributed by atoms with Crippen LogP contribution in [0.3, 0.4) is 0 Å². The Morgan fingerprint density at radius 2 is 1.73 bits per heavy atom. The molecule has 0 saturated carbocycles. The molecule has 0 aliphatic carbocycles. The molecule has 172 valence electrons. The normalized spacial score (nSPS) is 11.6. The van der Waals surface area contributed by atoms with Crippen molar-refractivity contribution in [2.75, 3.05) is 13.2 Å². The van der Waals surface area contributed by atoms with Crippen molar-refractivity contribution in [2.24, 2.45) is 0 Å². The number of nitrogens with zero attached hydrogens (tertiary/aromatic N) is 1. The van der Waals surface area contributed by atoms with Crippen LogP contribution in [0.4, 0.5) is 0 Å². The summed E-state index contributed by atoms with van der Waals surface area (Å²) in [4.78, 5) is 24.6. The molecule has 0 atom stereocenters. The van der Waals surface area contributed by atoms with Gasteiger partial charge in [-0.25, -0.2) is 13.1 Å². The maximum absolute atomic E-state index is 12.6. The highest BCUT2D eigenvalue weighted by Gasteiger charge is 2.19. The molecule has 1 heterocycles. The molecule has 33 heavy (non-hydrogen) atoms. The Morgan fingerprint density at radius 3 is 2.39 bits per heavy atom. The van der Waals surface area contributed by atoms with Crippen LogP contribution in [-0.4, -0.2) is 37.9 Å². The van der Waals surface area contributed by atoms with E-state index in [1.54, 1.807) is 30.3 Å². The van der Waals surface area contributed by atoms with Crippen LogP contribution in [0.2, 0.25) is 0 Å². The molecule has 0 spiro atoms. The minimum Gasteiger partial charge on any atom is -0.456 e. The molecule has 0 radical (unpaired) electrons. The first-order valence-electron chi connectivity index (χ1n) is 10.0. The maximum Gasteiger partial charge on any atom is 0.321 e. The molecule has 0 saturated heterocycles. The molecule has 3 rings (SSSR count). The largest absolute Gasteiger partial charge is 0.456 e. The lowest BCUT2D eigenvalue weighted by molar-refractivity contribution is -0.141. The van der Waals surface area contributed by atoms with Gasteiger partial charge in [0.2, 0.25) is 15.8 Å². The average Bonchev–Trinajstić information content (AvgIpc) is 3.10.